The van der Waals surface area contributed by atoms with E-state index in [2.05, 4.69) is 29.0 Å². The minimum atomic E-state index is 0.950. The third-order valence-corrected chi connectivity index (χ3v) is 2.39. The van der Waals surface area contributed by atoms with E-state index in [1.807, 2.05) is 19.2 Å². The van der Waals surface area contributed by atoms with Gasteiger partial charge in [-0.2, -0.15) is 0 Å². The van der Waals surface area contributed by atoms with E-state index in [1.54, 1.807) is 12.4 Å². The maximum atomic E-state index is 4.27. The summed E-state index contributed by atoms with van der Waals surface area (Å²) in [6.07, 6.45) is 7.56. The lowest BCUT2D eigenvalue weighted by molar-refractivity contribution is 1.29. The third-order valence-electron chi connectivity index (χ3n) is 2.39. The number of aromatic nitrogens is 2. The van der Waals surface area contributed by atoms with E-state index < -0.39 is 0 Å². The number of rotatable bonds is 1. The van der Waals surface area contributed by atoms with Crippen LogP contribution in [-0.2, 0) is 0 Å². The summed E-state index contributed by atoms with van der Waals surface area (Å²) in [7, 11) is 0. The van der Waals surface area contributed by atoms with Crippen LogP contribution >= 0.6 is 0 Å². The summed E-state index contributed by atoms with van der Waals surface area (Å²) in [6, 6.07) is 4.03. The minimum absolute atomic E-state index is 0.950. The van der Waals surface area contributed by atoms with E-state index in [9.17, 15) is 0 Å². The molecule has 2 heterocycles. The van der Waals surface area contributed by atoms with Gasteiger partial charge in [0.15, 0.2) is 0 Å². The Labute approximate surface area is 83.3 Å². The molecule has 0 spiro atoms. The number of pyridine rings is 2. The highest BCUT2D eigenvalue weighted by atomic mass is 14.7. The Balaban J connectivity index is 2.77. The molecular formula is C12H12N2. The average Bonchev–Trinajstić information content (AvgIpc) is 2.27. The Kier molecular flexibility index (Phi) is 2.27. The number of fused-ring (bicyclic) bond motifs is 1. The Morgan fingerprint density at radius 3 is 3.00 bits per heavy atom. The standard InChI is InChI=1S/C12H12N2/c1-3-9(2)11-7-13-8-12-10(11)5-4-6-14-12/h3-8H,1-2H3/b9-3-. The van der Waals surface area contributed by atoms with Gasteiger partial charge in [-0.25, -0.2) is 0 Å². The normalized spacial score (nSPS) is 12.0. The van der Waals surface area contributed by atoms with E-state index in [-0.39, 0.29) is 0 Å². The van der Waals surface area contributed by atoms with E-state index in [4.69, 9.17) is 0 Å². The lowest BCUT2D eigenvalue weighted by atomic mass is 10.1. The predicted octanol–water partition coefficient (Wildman–Crippen LogP) is 3.05. The number of nitrogens with zero attached hydrogens (tertiary/aromatic N) is 2. The van der Waals surface area contributed by atoms with Crippen molar-refractivity contribution in [3.05, 3.63) is 42.4 Å². The van der Waals surface area contributed by atoms with E-state index in [1.165, 1.54) is 5.57 Å². The van der Waals surface area contributed by atoms with Gasteiger partial charge in [0.1, 0.15) is 0 Å². The summed E-state index contributed by atoms with van der Waals surface area (Å²) in [6.45, 7) is 4.12. The zero-order valence-corrected chi connectivity index (χ0v) is 8.36. The predicted molar refractivity (Wildman–Crippen MR) is 58.9 cm³/mol. The molecule has 0 atom stereocenters. The fourth-order valence-corrected chi connectivity index (χ4v) is 1.47. The second-order valence-electron chi connectivity index (χ2n) is 3.23. The fourth-order valence-electron chi connectivity index (χ4n) is 1.47. The maximum Gasteiger partial charge on any atom is 0.0891 e. The summed E-state index contributed by atoms with van der Waals surface area (Å²) in [4.78, 5) is 8.45. The zero-order chi connectivity index (χ0) is 9.97. The largest absolute Gasteiger partial charge is 0.262 e. The van der Waals surface area contributed by atoms with Gasteiger partial charge in [-0.3, -0.25) is 9.97 Å². The van der Waals surface area contributed by atoms with Crippen LogP contribution in [0.1, 0.15) is 19.4 Å². The lowest BCUT2D eigenvalue weighted by Crippen LogP contribution is -1.87. The summed E-state index contributed by atoms with van der Waals surface area (Å²) >= 11 is 0. The molecule has 2 aromatic heterocycles. The van der Waals surface area contributed by atoms with Crippen LogP contribution in [0.25, 0.3) is 16.5 Å². The van der Waals surface area contributed by atoms with Crippen LogP contribution in [0.3, 0.4) is 0 Å². The highest BCUT2D eigenvalue weighted by Gasteiger charge is 2.02. The molecule has 2 rings (SSSR count). The molecule has 0 amide bonds. The average molecular weight is 184 g/mol. The molecule has 0 aliphatic carbocycles. The Bertz CT molecular complexity index is 481. The Morgan fingerprint density at radius 1 is 1.36 bits per heavy atom. The van der Waals surface area contributed by atoms with Gasteiger partial charge < -0.3 is 0 Å². The van der Waals surface area contributed by atoms with E-state index >= 15 is 0 Å². The van der Waals surface area contributed by atoms with Crippen LogP contribution in [0.4, 0.5) is 0 Å². The van der Waals surface area contributed by atoms with Crippen molar-refractivity contribution in [1.29, 1.82) is 0 Å². The smallest absolute Gasteiger partial charge is 0.0891 e. The topological polar surface area (TPSA) is 25.8 Å². The summed E-state index contributed by atoms with van der Waals surface area (Å²) < 4.78 is 0. The molecular weight excluding hydrogens is 172 g/mol. The first-order valence-corrected chi connectivity index (χ1v) is 4.65. The molecule has 2 heteroatoms. The van der Waals surface area contributed by atoms with Crippen LogP contribution in [-0.4, -0.2) is 9.97 Å². The van der Waals surface area contributed by atoms with Crippen LogP contribution in [0.15, 0.2) is 36.8 Å². The SMILES string of the molecule is C/C=C(/C)c1cncc2ncccc12. The van der Waals surface area contributed by atoms with E-state index in [0.717, 1.165) is 16.5 Å². The highest BCUT2D eigenvalue weighted by molar-refractivity contribution is 5.90. The van der Waals surface area contributed by atoms with Crippen LogP contribution in [0, 0.1) is 0 Å². The van der Waals surface area contributed by atoms with Crippen molar-refractivity contribution >= 4 is 16.5 Å². The second-order valence-corrected chi connectivity index (χ2v) is 3.23. The molecule has 2 nitrogen and oxygen atoms in total. The maximum absolute atomic E-state index is 4.27. The van der Waals surface area contributed by atoms with Crippen molar-refractivity contribution in [2.45, 2.75) is 13.8 Å². The lowest BCUT2D eigenvalue weighted by Gasteiger charge is -2.04. The summed E-state index contributed by atoms with van der Waals surface area (Å²) in [5, 5.41) is 1.16. The van der Waals surface area contributed by atoms with Gasteiger partial charge in [-0.1, -0.05) is 12.1 Å². The fraction of sp³-hybridized carbons (Fsp3) is 0.167. The van der Waals surface area contributed by atoms with Gasteiger partial charge in [-0.15, -0.1) is 0 Å². The van der Waals surface area contributed by atoms with Gasteiger partial charge >= 0.3 is 0 Å². The number of allylic oxidation sites excluding steroid dienone is 2. The molecule has 0 saturated carbocycles. The number of hydrogen-bond acceptors (Lipinski definition) is 2. The molecule has 0 aliphatic rings. The molecule has 14 heavy (non-hydrogen) atoms. The molecule has 0 aromatic carbocycles. The van der Waals surface area contributed by atoms with Gasteiger partial charge in [0.2, 0.25) is 0 Å². The van der Waals surface area contributed by atoms with Crippen molar-refractivity contribution < 1.29 is 0 Å². The van der Waals surface area contributed by atoms with Crippen LogP contribution in [0.2, 0.25) is 0 Å². The third kappa shape index (κ3) is 1.39. The van der Waals surface area contributed by atoms with Crippen molar-refractivity contribution in [2.75, 3.05) is 0 Å². The van der Waals surface area contributed by atoms with Crippen molar-refractivity contribution in [2.24, 2.45) is 0 Å². The van der Waals surface area contributed by atoms with Gasteiger partial charge in [-0.05, 0) is 25.5 Å². The summed E-state index contributed by atoms with van der Waals surface area (Å²) in [5.74, 6) is 0. The molecule has 0 fully saturated rings. The van der Waals surface area contributed by atoms with Crippen LogP contribution in [0.5, 0.6) is 0 Å². The first-order valence-electron chi connectivity index (χ1n) is 4.65. The highest BCUT2D eigenvalue weighted by Crippen LogP contribution is 2.21. The molecule has 0 saturated heterocycles. The monoisotopic (exact) mass is 184 g/mol. The molecule has 70 valence electrons. The summed E-state index contributed by atoms with van der Waals surface area (Å²) in [5.41, 5.74) is 3.35. The van der Waals surface area contributed by atoms with Gasteiger partial charge in [0.05, 0.1) is 11.7 Å². The molecule has 0 bridgehead atoms. The molecule has 0 N–H and O–H groups in total. The van der Waals surface area contributed by atoms with Crippen LogP contribution < -0.4 is 0 Å². The first kappa shape index (κ1) is 8.88. The Morgan fingerprint density at radius 2 is 2.21 bits per heavy atom. The van der Waals surface area contributed by atoms with Crippen molar-refractivity contribution in [1.82, 2.24) is 9.97 Å². The second kappa shape index (κ2) is 3.58. The minimum Gasteiger partial charge on any atom is -0.262 e. The van der Waals surface area contributed by atoms with Gasteiger partial charge in [0.25, 0.3) is 0 Å². The molecule has 0 aliphatic heterocycles. The molecule has 2 aromatic rings. The van der Waals surface area contributed by atoms with Gasteiger partial charge in [0, 0.05) is 23.3 Å². The number of hydrogen-bond donors (Lipinski definition) is 0. The quantitative estimate of drug-likeness (QED) is 0.680. The van der Waals surface area contributed by atoms with Crippen molar-refractivity contribution in [3.8, 4) is 0 Å². The van der Waals surface area contributed by atoms with E-state index in [0.29, 0.717) is 0 Å². The van der Waals surface area contributed by atoms with Crippen molar-refractivity contribution in [3.63, 3.8) is 0 Å². The molecule has 0 unspecified atom stereocenters. The molecule has 0 radical (unpaired) electrons. The first-order chi connectivity index (χ1) is 6.83. The Hall–Kier alpha value is -1.70. The zero-order valence-electron chi connectivity index (χ0n) is 8.36.